The van der Waals surface area contributed by atoms with Crippen LogP contribution in [-0.2, 0) is 10.0 Å². The van der Waals surface area contributed by atoms with Gasteiger partial charge in [-0.1, -0.05) is 17.7 Å². The summed E-state index contributed by atoms with van der Waals surface area (Å²) in [6.07, 6.45) is 0.810. The van der Waals surface area contributed by atoms with Crippen LogP contribution in [0.5, 0.6) is 0 Å². The number of nitrogens with one attached hydrogen (secondary N) is 1. The third-order valence-electron chi connectivity index (χ3n) is 2.83. The van der Waals surface area contributed by atoms with Gasteiger partial charge >= 0.3 is 0 Å². The van der Waals surface area contributed by atoms with Gasteiger partial charge in [-0.3, -0.25) is 0 Å². The maximum Gasteiger partial charge on any atom is 0.244 e. The van der Waals surface area contributed by atoms with Crippen molar-refractivity contribution < 1.29 is 8.42 Å². The van der Waals surface area contributed by atoms with Crippen LogP contribution in [0.25, 0.3) is 0 Å². The van der Waals surface area contributed by atoms with E-state index in [4.69, 9.17) is 11.6 Å². The summed E-state index contributed by atoms with van der Waals surface area (Å²) in [5, 5.41) is 3.42. The first-order chi connectivity index (χ1) is 8.53. The van der Waals surface area contributed by atoms with E-state index in [9.17, 15) is 8.42 Å². The Kier molecular flexibility index (Phi) is 4.66. The third-order valence-corrected chi connectivity index (χ3v) is 6.18. The Bertz CT molecular complexity index is 528. The maximum absolute atomic E-state index is 12.5. The van der Waals surface area contributed by atoms with E-state index in [1.165, 1.54) is 4.31 Å². The fourth-order valence-electron chi connectivity index (χ4n) is 1.88. The van der Waals surface area contributed by atoms with Gasteiger partial charge in [-0.05, 0) is 41.0 Å². The summed E-state index contributed by atoms with van der Waals surface area (Å²) in [6.45, 7) is 2.52. The van der Waals surface area contributed by atoms with E-state index in [0.717, 1.165) is 13.0 Å². The minimum absolute atomic E-state index is 0.167. The fraction of sp³-hybridized carbons (Fsp3) is 0.455. The Morgan fingerprint density at radius 2 is 2.06 bits per heavy atom. The molecule has 0 atom stereocenters. The van der Waals surface area contributed by atoms with Crippen molar-refractivity contribution >= 4 is 37.6 Å². The summed E-state index contributed by atoms with van der Waals surface area (Å²) in [4.78, 5) is 0.167. The summed E-state index contributed by atoms with van der Waals surface area (Å²) in [5.74, 6) is 0. The number of rotatable bonds is 2. The molecule has 2 rings (SSSR count). The predicted octanol–water partition coefficient (Wildman–Crippen LogP) is 2.09. The first-order valence-corrected chi connectivity index (χ1v) is 8.29. The van der Waals surface area contributed by atoms with Gasteiger partial charge in [0.15, 0.2) is 0 Å². The number of nitrogens with zero attached hydrogens (tertiary/aromatic N) is 1. The molecule has 1 fully saturated rings. The second-order valence-corrected chi connectivity index (χ2v) is 7.20. The van der Waals surface area contributed by atoms with Crippen LogP contribution in [0.15, 0.2) is 27.6 Å². The van der Waals surface area contributed by atoms with Crippen LogP contribution in [0.2, 0.25) is 5.02 Å². The standard InChI is InChI=1S/C11H14BrClN2O2S/c12-9-3-1-4-10(11(9)13)18(16,17)15-7-2-5-14-6-8-15/h1,3-4,14H,2,5-8H2. The first kappa shape index (κ1) is 14.3. The van der Waals surface area contributed by atoms with Crippen molar-refractivity contribution in [1.82, 2.24) is 9.62 Å². The minimum atomic E-state index is -3.51. The molecule has 18 heavy (non-hydrogen) atoms. The van der Waals surface area contributed by atoms with Gasteiger partial charge in [-0.25, -0.2) is 8.42 Å². The van der Waals surface area contributed by atoms with Gasteiger partial charge < -0.3 is 5.32 Å². The van der Waals surface area contributed by atoms with Crippen LogP contribution in [0, 0.1) is 0 Å². The molecule has 1 aliphatic rings. The highest BCUT2D eigenvalue weighted by Gasteiger charge is 2.27. The van der Waals surface area contributed by atoms with Crippen LogP contribution in [0.4, 0.5) is 0 Å². The molecule has 0 aliphatic carbocycles. The summed E-state index contributed by atoms with van der Waals surface area (Å²) in [6, 6.07) is 4.95. The van der Waals surface area contributed by atoms with Gasteiger partial charge in [0.2, 0.25) is 10.0 Å². The summed E-state index contributed by atoms with van der Waals surface area (Å²) in [7, 11) is -3.51. The topological polar surface area (TPSA) is 49.4 Å². The lowest BCUT2D eigenvalue weighted by Crippen LogP contribution is -2.34. The second-order valence-electron chi connectivity index (χ2n) is 4.06. The van der Waals surface area contributed by atoms with Crippen LogP contribution in [-0.4, -0.2) is 38.9 Å². The van der Waals surface area contributed by atoms with Crippen molar-refractivity contribution in [3.63, 3.8) is 0 Å². The Hall–Kier alpha value is -0.140. The highest BCUT2D eigenvalue weighted by Crippen LogP contribution is 2.31. The molecule has 100 valence electrons. The van der Waals surface area contributed by atoms with Crippen LogP contribution >= 0.6 is 27.5 Å². The monoisotopic (exact) mass is 352 g/mol. The average Bonchev–Trinajstić information content (AvgIpc) is 2.61. The van der Waals surface area contributed by atoms with Crippen LogP contribution in [0.3, 0.4) is 0 Å². The largest absolute Gasteiger partial charge is 0.315 e. The molecule has 0 unspecified atom stereocenters. The maximum atomic E-state index is 12.5. The van der Waals surface area contributed by atoms with E-state index in [2.05, 4.69) is 21.2 Å². The van der Waals surface area contributed by atoms with E-state index in [-0.39, 0.29) is 9.92 Å². The molecule has 1 aromatic rings. The highest BCUT2D eigenvalue weighted by molar-refractivity contribution is 9.10. The van der Waals surface area contributed by atoms with E-state index >= 15 is 0 Å². The van der Waals surface area contributed by atoms with Gasteiger partial charge in [0.25, 0.3) is 0 Å². The minimum Gasteiger partial charge on any atom is -0.315 e. The molecule has 0 spiro atoms. The van der Waals surface area contributed by atoms with Crippen molar-refractivity contribution in [2.24, 2.45) is 0 Å². The molecule has 4 nitrogen and oxygen atoms in total. The lowest BCUT2D eigenvalue weighted by Gasteiger charge is -2.20. The molecule has 0 bridgehead atoms. The summed E-state index contributed by atoms with van der Waals surface area (Å²) >= 11 is 9.32. The number of sulfonamides is 1. The van der Waals surface area contributed by atoms with Crippen LogP contribution < -0.4 is 5.32 Å². The zero-order chi connectivity index (χ0) is 13.2. The zero-order valence-corrected chi connectivity index (χ0v) is 12.9. The first-order valence-electron chi connectivity index (χ1n) is 5.68. The van der Waals surface area contributed by atoms with E-state index in [1.807, 2.05) is 0 Å². The van der Waals surface area contributed by atoms with Crippen LogP contribution in [0.1, 0.15) is 6.42 Å². The predicted molar refractivity (Wildman–Crippen MR) is 75.4 cm³/mol. The molecule has 0 saturated carbocycles. The van der Waals surface area contributed by atoms with E-state index in [1.54, 1.807) is 18.2 Å². The summed E-state index contributed by atoms with van der Waals surface area (Å²) < 4.78 is 27.1. The zero-order valence-electron chi connectivity index (χ0n) is 9.70. The molecular formula is C11H14BrClN2O2S. The highest BCUT2D eigenvalue weighted by atomic mass is 79.9. The Morgan fingerprint density at radius 3 is 2.83 bits per heavy atom. The Morgan fingerprint density at radius 1 is 1.28 bits per heavy atom. The van der Waals surface area contributed by atoms with Gasteiger partial charge in [0.05, 0.1) is 5.02 Å². The number of hydrogen-bond donors (Lipinski definition) is 1. The second kappa shape index (κ2) is 5.88. The van der Waals surface area contributed by atoms with E-state index in [0.29, 0.717) is 24.1 Å². The van der Waals surface area contributed by atoms with Gasteiger partial charge in [0.1, 0.15) is 4.90 Å². The molecule has 1 N–H and O–H groups in total. The molecule has 7 heteroatoms. The summed E-state index contributed by atoms with van der Waals surface area (Å²) in [5.41, 5.74) is 0. The molecule has 1 aliphatic heterocycles. The number of benzene rings is 1. The Labute approximate surface area is 120 Å². The number of halogens is 2. The van der Waals surface area contributed by atoms with Gasteiger partial charge in [-0.2, -0.15) is 4.31 Å². The smallest absolute Gasteiger partial charge is 0.244 e. The molecule has 0 radical (unpaired) electrons. The molecule has 1 heterocycles. The molecule has 1 aromatic carbocycles. The molecule has 0 amide bonds. The molecule has 0 aromatic heterocycles. The van der Waals surface area contributed by atoms with Crippen molar-refractivity contribution in [3.05, 3.63) is 27.7 Å². The lowest BCUT2D eigenvalue weighted by atomic mass is 10.4. The quantitative estimate of drug-likeness (QED) is 0.885. The van der Waals surface area contributed by atoms with E-state index < -0.39 is 10.0 Å². The number of hydrogen-bond acceptors (Lipinski definition) is 3. The van der Waals surface area contributed by atoms with Crippen molar-refractivity contribution in [3.8, 4) is 0 Å². The van der Waals surface area contributed by atoms with Crippen molar-refractivity contribution in [1.29, 1.82) is 0 Å². The normalized spacial score (nSPS) is 18.6. The van der Waals surface area contributed by atoms with Crippen molar-refractivity contribution in [2.75, 3.05) is 26.2 Å². The molecular weight excluding hydrogens is 340 g/mol. The molecule has 1 saturated heterocycles. The third kappa shape index (κ3) is 2.88. The lowest BCUT2D eigenvalue weighted by molar-refractivity contribution is 0.432. The SMILES string of the molecule is O=S(=O)(c1cccc(Br)c1Cl)N1CCCNCC1. The fourth-order valence-corrected chi connectivity index (χ4v) is 4.37. The van der Waals surface area contributed by atoms with Gasteiger partial charge in [-0.15, -0.1) is 0 Å². The van der Waals surface area contributed by atoms with Crippen molar-refractivity contribution in [2.45, 2.75) is 11.3 Å². The average molecular weight is 354 g/mol. The Balaban J connectivity index is 2.38. The van der Waals surface area contributed by atoms with Gasteiger partial charge in [0, 0.05) is 24.1 Å².